The summed E-state index contributed by atoms with van der Waals surface area (Å²) < 4.78 is 17.7. The fourth-order valence-corrected chi connectivity index (χ4v) is 4.07. The standard InChI is InChI=1S/C19H35N3O3.HI/c1-20-19(21-10-6-13-23-16-7-3-2-4-8-16)22-11-14-25-18(15-22)17-9-5-12-24-17;/h16-18H,2-15H2,1H3,(H,20,21);1H. The third-order valence-corrected chi connectivity index (χ3v) is 5.49. The van der Waals surface area contributed by atoms with Gasteiger partial charge >= 0.3 is 0 Å². The monoisotopic (exact) mass is 481 g/mol. The van der Waals surface area contributed by atoms with E-state index in [9.17, 15) is 0 Å². The molecule has 2 saturated heterocycles. The van der Waals surface area contributed by atoms with E-state index in [1.807, 2.05) is 7.05 Å². The van der Waals surface area contributed by atoms with Crippen molar-refractivity contribution in [3.8, 4) is 0 Å². The van der Waals surface area contributed by atoms with E-state index < -0.39 is 0 Å². The summed E-state index contributed by atoms with van der Waals surface area (Å²) >= 11 is 0. The second-order valence-electron chi connectivity index (χ2n) is 7.37. The van der Waals surface area contributed by atoms with Crippen LogP contribution in [0, 0.1) is 0 Å². The third-order valence-electron chi connectivity index (χ3n) is 5.49. The van der Waals surface area contributed by atoms with Crippen LogP contribution in [0.15, 0.2) is 4.99 Å². The van der Waals surface area contributed by atoms with E-state index >= 15 is 0 Å². The van der Waals surface area contributed by atoms with E-state index in [2.05, 4.69) is 15.2 Å². The van der Waals surface area contributed by atoms with Gasteiger partial charge in [-0.25, -0.2) is 0 Å². The maximum Gasteiger partial charge on any atom is 0.193 e. The Hall–Kier alpha value is -0.120. The van der Waals surface area contributed by atoms with E-state index in [0.717, 1.165) is 64.7 Å². The molecule has 1 saturated carbocycles. The van der Waals surface area contributed by atoms with Gasteiger partial charge in [0.25, 0.3) is 0 Å². The minimum Gasteiger partial charge on any atom is -0.378 e. The van der Waals surface area contributed by atoms with Gasteiger partial charge in [-0.15, -0.1) is 24.0 Å². The van der Waals surface area contributed by atoms with Crippen molar-refractivity contribution in [2.45, 2.75) is 69.7 Å². The molecule has 3 aliphatic rings. The highest BCUT2D eigenvalue weighted by Gasteiger charge is 2.32. The van der Waals surface area contributed by atoms with Crippen molar-refractivity contribution in [3.63, 3.8) is 0 Å². The number of nitrogens with zero attached hydrogens (tertiary/aromatic N) is 2. The summed E-state index contributed by atoms with van der Waals surface area (Å²) in [6, 6.07) is 0. The molecule has 0 aromatic carbocycles. The molecular weight excluding hydrogens is 445 g/mol. The zero-order chi connectivity index (χ0) is 17.3. The summed E-state index contributed by atoms with van der Waals surface area (Å²) in [7, 11) is 1.86. The van der Waals surface area contributed by atoms with Gasteiger partial charge in [-0.05, 0) is 32.1 Å². The molecule has 2 aliphatic heterocycles. The summed E-state index contributed by atoms with van der Waals surface area (Å²) in [6.07, 6.45) is 10.7. The lowest BCUT2D eigenvalue weighted by Crippen LogP contribution is -2.53. The highest BCUT2D eigenvalue weighted by atomic mass is 127. The molecule has 3 fully saturated rings. The van der Waals surface area contributed by atoms with E-state index in [1.165, 1.54) is 32.1 Å². The lowest BCUT2D eigenvalue weighted by Gasteiger charge is -2.37. The van der Waals surface area contributed by atoms with Gasteiger partial charge in [0.05, 0.1) is 18.8 Å². The van der Waals surface area contributed by atoms with Gasteiger partial charge in [0.15, 0.2) is 5.96 Å². The van der Waals surface area contributed by atoms with Crippen molar-refractivity contribution >= 4 is 29.9 Å². The molecule has 1 N–H and O–H groups in total. The fourth-order valence-electron chi connectivity index (χ4n) is 4.07. The van der Waals surface area contributed by atoms with Gasteiger partial charge in [-0.3, -0.25) is 4.99 Å². The minimum atomic E-state index is 0. The van der Waals surface area contributed by atoms with Crippen molar-refractivity contribution in [1.82, 2.24) is 10.2 Å². The van der Waals surface area contributed by atoms with Crippen molar-refractivity contribution in [2.24, 2.45) is 4.99 Å². The second kappa shape index (κ2) is 12.4. The Balaban J connectivity index is 0.00000243. The van der Waals surface area contributed by atoms with Crippen LogP contribution in [0.5, 0.6) is 0 Å². The van der Waals surface area contributed by atoms with Gasteiger partial charge in [0.1, 0.15) is 6.10 Å². The molecule has 26 heavy (non-hydrogen) atoms. The Morgan fingerprint density at radius 3 is 2.62 bits per heavy atom. The minimum absolute atomic E-state index is 0. The molecule has 0 radical (unpaired) electrons. The maximum absolute atomic E-state index is 6.00. The lowest BCUT2D eigenvalue weighted by atomic mass is 9.98. The predicted octanol–water partition coefficient (Wildman–Crippen LogP) is 2.80. The van der Waals surface area contributed by atoms with Gasteiger partial charge < -0.3 is 24.4 Å². The summed E-state index contributed by atoms with van der Waals surface area (Å²) in [4.78, 5) is 6.76. The number of halogens is 1. The Kier molecular flexibility index (Phi) is 10.5. The third kappa shape index (κ3) is 6.80. The van der Waals surface area contributed by atoms with Gasteiger partial charge in [0, 0.05) is 39.9 Å². The quantitative estimate of drug-likeness (QED) is 0.274. The van der Waals surface area contributed by atoms with Crippen LogP contribution >= 0.6 is 24.0 Å². The van der Waals surface area contributed by atoms with Gasteiger partial charge in [-0.2, -0.15) is 0 Å². The van der Waals surface area contributed by atoms with Crippen LogP contribution in [0.25, 0.3) is 0 Å². The average molecular weight is 481 g/mol. The fraction of sp³-hybridized carbons (Fsp3) is 0.947. The first kappa shape index (κ1) is 22.2. The Bertz CT molecular complexity index is 413. The van der Waals surface area contributed by atoms with Crippen LogP contribution in [0.3, 0.4) is 0 Å². The van der Waals surface area contributed by atoms with E-state index in [4.69, 9.17) is 14.2 Å². The molecule has 0 spiro atoms. The number of guanidine groups is 1. The molecule has 0 aromatic rings. The molecular formula is C19H36IN3O3. The highest BCUT2D eigenvalue weighted by Crippen LogP contribution is 2.21. The molecule has 0 bridgehead atoms. The molecule has 152 valence electrons. The first-order valence-electron chi connectivity index (χ1n) is 10.2. The van der Waals surface area contributed by atoms with E-state index in [1.54, 1.807) is 0 Å². The number of hydrogen-bond donors (Lipinski definition) is 1. The summed E-state index contributed by atoms with van der Waals surface area (Å²) in [6.45, 7) is 5.12. The number of aliphatic imine (C=N–C) groups is 1. The highest BCUT2D eigenvalue weighted by molar-refractivity contribution is 14.0. The van der Waals surface area contributed by atoms with Crippen molar-refractivity contribution < 1.29 is 14.2 Å². The zero-order valence-corrected chi connectivity index (χ0v) is 18.5. The second-order valence-corrected chi connectivity index (χ2v) is 7.37. The topological polar surface area (TPSA) is 55.3 Å². The molecule has 7 heteroatoms. The SMILES string of the molecule is CN=C(NCCCOC1CCCCC1)N1CCOC(C2CCCO2)C1.I. The molecule has 3 rings (SSSR count). The van der Waals surface area contributed by atoms with Crippen LogP contribution in [0.4, 0.5) is 0 Å². The molecule has 2 atom stereocenters. The number of nitrogens with one attached hydrogen (secondary N) is 1. The normalized spacial score (nSPS) is 28.0. The number of rotatable bonds is 6. The number of ether oxygens (including phenoxy) is 3. The molecule has 0 amide bonds. The van der Waals surface area contributed by atoms with Crippen LogP contribution < -0.4 is 5.32 Å². The van der Waals surface area contributed by atoms with Crippen LogP contribution in [-0.4, -0.2) is 75.7 Å². The summed E-state index contributed by atoms with van der Waals surface area (Å²) in [5.41, 5.74) is 0. The molecule has 1 aliphatic carbocycles. The molecule has 2 unspecified atom stereocenters. The molecule has 0 aromatic heterocycles. The molecule has 2 heterocycles. The van der Waals surface area contributed by atoms with Gasteiger partial charge in [-0.1, -0.05) is 19.3 Å². The summed E-state index contributed by atoms with van der Waals surface area (Å²) in [5.74, 6) is 0.976. The van der Waals surface area contributed by atoms with Crippen LogP contribution in [0.2, 0.25) is 0 Å². The largest absolute Gasteiger partial charge is 0.378 e. The van der Waals surface area contributed by atoms with E-state index in [-0.39, 0.29) is 36.2 Å². The van der Waals surface area contributed by atoms with Crippen LogP contribution in [-0.2, 0) is 14.2 Å². The van der Waals surface area contributed by atoms with Crippen molar-refractivity contribution in [1.29, 1.82) is 0 Å². The number of morpholine rings is 1. The Morgan fingerprint density at radius 1 is 1.08 bits per heavy atom. The Morgan fingerprint density at radius 2 is 1.88 bits per heavy atom. The van der Waals surface area contributed by atoms with Crippen molar-refractivity contribution in [2.75, 3.05) is 46.5 Å². The summed E-state index contributed by atoms with van der Waals surface area (Å²) in [5, 5.41) is 3.49. The maximum atomic E-state index is 6.00. The van der Waals surface area contributed by atoms with Crippen LogP contribution in [0.1, 0.15) is 51.4 Å². The smallest absolute Gasteiger partial charge is 0.193 e. The lowest BCUT2D eigenvalue weighted by molar-refractivity contribution is -0.0817. The van der Waals surface area contributed by atoms with E-state index in [0.29, 0.717) is 6.10 Å². The zero-order valence-electron chi connectivity index (χ0n) is 16.2. The Labute approximate surface area is 175 Å². The van der Waals surface area contributed by atoms with Crippen molar-refractivity contribution in [3.05, 3.63) is 0 Å². The first-order valence-corrected chi connectivity index (χ1v) is 10.2. The first-order chi connectivity index (χ1) is 12.4. The average Bonchev–Trinajstić information content (AvgIpc) is 3.20. The molecule has 6 nitrogen and oxygen atoms in total. The van der Waals surface area contributed by atoms with Gasteiger partial charge in [0.2, 0.25) is 0 Å². The number of hydrogen-bond acceptors (Lipinski definition) is 4. The predicted molar refractivity (Wildman–Crippen MR) is 115 cm³/mol.